The maximum absolute atomic E-state index is 12.8. The van der Waals surface area contributed by atoms with Crippen LogP contribution in [0, 0.1) is 5.92 Å². The number of benzene rings is 2. The predicted octanol–water partition coefficient (Wildman–Crippen LogP) is 6.37. The summed E-state index contributed by atoms with van der Waals surface area (Å²) in [6, 6.07) is 12.5. The van der Waals surface area contributed by atoms with Crippen molar-refractivity contribution in [3.05, 3.63) is 64.5 Å². The summed E-state index contributed by atoms with van der Waals surface area (Å²) in [7, 11) is 0. The molecule has 162 valence electrons. The average Bonchev–Trinajstić information content (AvgIpc) is 2.76. The minimum atomic E-state index is -0.272. The lowest BCUT2D eigenvalue weighted by atomic mass is 9.87. The summed E-state index contributed by atoms with van der Waals surface area (Å²) < 4.78 is 16.9. The lowest BCUT2D eigenvalue weighted by Gasteiger charge is -2.19. The van der Waals surface area contributed by atoms with Crippen LogP contribution in [-0.4, -0.2) is 5.97 Å². The fourth-order valence-corrected chi connectivity index (χ4v) is 3.91. The van der Waals surface area contributed by atoms with Crippen LogP contribution in [0.4, 0.5) is 0 Å². The Balaban J connectivity index is 1.52. The van der Waals surface area contributed by atoms with Crippen LogP contribution in [0.3, 0.4) is 0 Å². The Bertz CT molecular complexity index is 1130. The molecule has 0 spiro atoms. The topological polar surface area (TPSA) is 65.7 Å². The molecule has 0 N–H and O–H groups in total. The van der Waals surface area contributed by atoms with E-state index in [2.05, 4.69) is 20.8 Å². The standard InChI is InChI=1S/C26H28O5/c1-26(2,3)18-9-11-19(12-10-18)30-23-16-29-22-15-20(13-14-21(22)24(23)27)31-25(28)17-7-5-4-6-8-17/h9-17H,4-8H2,1-3H3. The minimum absolute atomic E-state index is 0.0403. The van der Waals surface area contributed by atoms with Crippen molar-refractivity contribution in [1.29, 1.82) is 0 Å². The second-order valence-electron chi connectivity index (χ2n) is 9.22. The van der Waals surface area contributed by atoms with Gasteiger partial charge in [-0.1, -0.05) is 52.2 Å². The molecule has 0 amide bonds. The molecule has 1 aromatic heterocycles. The van der Waals surface area contributed by atoms with Gasteiger partial charge in [0.05, 0.1) is 11.3 Å². The molecule has 0 bridgehead atoms. The van der Waals surface area contributed by atoms with Crippen LogP contribution in [0.25, 0.3) is 11.0 Å². The second kappa shape index (κ2) is 8.58. The molecule has 1 saturated carbocycles. The van der Waals surface area contributed by atoms with Gasteiger partial charge in [0, 0.05) is 6.07 Å². The molecule has 0 aliphatic heterocycles. The van der Waals surface area contributed by atoms with Crippen molar-refractivity contribution in [2.45, 2.75) is 58.3 Å². The lowest BCUT2D eigenvalue weighted by Crippen LogP contribution is -2.22. The van der Waals surface area contributed by atoms with Crippen LogP contribution >= 0.6 is 0 Å². The molecule has 1 aliphatic rings. The van der Waals surface area contributed by atoms with Gasteiger partial charge < -0.3 is 13.9 Å². The summed E-state index contributed by atoms with van der Waals surface area (Å²) in [4.78, 5) is 25.2. The van der Waals surface area contributed by atoms with Crippen molar-refractivity contribution in [1.82, 2.24) is 0 Å². The molecule has 4 rings (SSSR count). The third-order valence-corrected chi connectivity index (χ3v) is 5.82. The van der Waals surface area contributed by atoms with Crippen LogP contribution in [-0.2, 0) is 10.2 Å². The number of hydrogen-bond donors (Lipinski definition) is 0. The van der Waals surface area contributed by atoms with Gasteiger partial charge in [-0.15, -0.1) is 0 Å². The Hall–Kier alpha value is -3.08. The first-order valence-corrected chi connectivity index (χ1v) is 10.9. The van der Waals surface area contributed by atoms with Gasteiger partial charge in [-0.25, -0.2) is 0 Å². The second-order valence-corrected chi connectivity index (χ2v) is 9.22. The third-order valence-electron chi connectivity index (χ3n) is 5.82. The van der Waals surface area contributed by atoms with Gasteiger partial charge in [0.1, 0.15) is 23.3 Å². The molecular formula is C26H28O5. The van der Waals surface area contributed by atoms with Crippen molar-refractivity contribution < 1.29 is 18.7 Å². The highest BCUT2D eigenvalue weighted by molar-refractivity contribution is 5.81. The fraction of sp³-hybridized carbons (Fsp3) is 0.385. The first kappa shape index (κ1) is 21.2. The summed E-state index contributed by atoms with van der Waals surface area (Å²) in [6.45, 7) is 6.42. The number of carbonyl (C=O) groups is 1. The Morgan fingerprint density at radius 3 is 2.32 bits per heavy atom. The maximum Gasteiger partial charge on any atom is 0.314 e. The summed E-state index contributed by atoms with van der Waals surface area (Å²) >= 11 is 0. The number of carbonyl (C=O) groups excluding carboxylic acids is 1. The van der Waals surface area contributed by atoms with Gasteiger partial charge in [-0.3, -0.25) is 9.59 Å². The van der Waals surface area contributed by atoms with E-state index in [1.165, 1.54) is 18.2 Å². The summed E-state index contributed by atoms with van der Waals surface area (Å²) in [5.74, 6) is 0.815. The van der Waals surface area contributed by atoms with Crippen molar-refractivity contribution in [2.24, 2.45) is 5.92 Å². The van der Waals surface area contributed by atoms with E-state index in [1.54, 1.807) is 18.2 Å². The van der Waals surface area contributed by atoms with E-state index in [0.29, 0.717) is 22.5 Å². The Morgan fingerprint density at radius 2 is 1.65 bits per heavy atom. The molecule has 1 heterocycles. The van der Waals surface area contributed by atoms with E-state index in [1.807, 2.05) is 24.3 Å². The van der Waals surface area contributed by atoms with Crippen LogP contribution in [0.5, 0.6) is 17.2 Å². The molecule has 5 heteroatoms. The Labute approximate surface area is 182 Å². The van der Waals surface area contributed by atoms with E-state index in [-0.39, 0.29) is 28.5 Å². The molecule has 0 unspecified atom stereocenters. The van der Waals surface area contributed by atoms with Gasteiger partial charge in [0.2, 0.25) is 11.2 Å². The van der Waals surface area contributed by atoms with Gasteiger partial charge in [-0.2, -0.15) is 0 Å². The highest BCUT2D eigenvalue weighted by Gasteiger charge is 2.23. The maximum atomic E-state index is 12.8. The number of esters is 1. The van der Waals surface area contributed by atoms with Gasteiger partial charge in [-0.05, 0) is 48.1 Å². The quantitative estimate of drug-likeness (QED) is 0.362. The van der Waals surface area contributed by atoms with Crippen molar-refractivity contribution in [2.75, 3.05) is 0 Å². The molecule has 1 fully saturated rings. The van der Waals surface area contributed by atoms with Crippen LogP contribution < -0.4 is 14.9 Å². The van der Waals surface area contributed by atoms with Crippen LogP contribution in [0.2, 0.25) is 0 Å². The molecule has 2 aromatic carbocycles. The average molecular weight is 421 g/mol. The first-order chi connectivity index (χ1) is 14.8. The van der Waals surface area contributed by atoms with Crippen molar-refractivity contribution in [3.63, 3.8) is 0 Å². The van der Waals surface area contributed by atoms with Crippen LogP contribution in [0.15, 0.2) is 57.9 Å². The summed E-state index contributed by atoms with van der Waals surface area (Å²) in [6.07, 6.45) is 6.35. The molecule has 1 aliphatic carbocycles. The normalized spacial score (nSPS) is 15.1. The highest BCUT2D eigenvalue weighted by atomic mass is 16.5. The van der Waals surface area contributed by atoms with Gasteiger partial charge in [0.15, 0.2) is 0 Å². The van der Waals surface area contributed by atoms with Crippen molar-refractivity contribution in [3.8, 4) is 17.2 Å². The molecule has 5 nitrogen and oxygen atoms in total. The Kier molecular flexibility index (Phi) is 5.86. The van der Waals surface area contributed by atoms with E-state index in [9.17, 15) is 9.59 Å². The fourth-order valence-electron chi connectivity index (χ4n) is 3.91. The van der Waals surface area contributed by atoms with Crippen LogP contribution in [0.1, 0.15) is 58.4 Å². The molecule has 0 saturated heterocycles. The lowest BCUT2D eigenvalue weighted by molar-refractivity contribution is -0.139. The zero-order chi connectivity index (χ0) is 22.0. The summed E-state index contributed by atoms with van der Waals surface area (Å²) in [5, 5.41) is 0.376. The Morgan fingerprint density at radius 1 is 0.968 bits per heavy atom. The SMILES string of the molecule is CC(C)(C)c1ccc(Oc2coc3cc(OC(=O)C4CCCCC4)ccc3c2=O)cc1. The van der Waals surface area contributed by atoms with Crippen molar-refractivity contribution >= 4 is 16.9 Å². The first-order valence-electron chi connectivity index (χ1n) is 10.9. The number of ether oxygens (including phenoxy) is 2. The van der Waals surface area contributed by atoms with E-state index in [0.717, 1.165) is 25.7 Å². The molecule has 31 heavy (non-hydrogen) atoms. The zero-order valence-electron chi connectivity index (χ0n) is 18.3. The predicted molar refractivity (Wildman–Crippen MR) is 120 cm³/mol. The van der Waals surface area contributed by atoms with E-state index >= 15 is 0 Å². The molecule has 0 radical (unpaired) electrons. The molecule has 3 aromatic rings. The number of rotatable bonds is 4. The largest absolute Gasteiger partial charge is 0.460 e. The van der Waals surface area contributed by atoms with Gasteiger partial charge >= 0.3 is 5.97 Å². The zero-order valence-corrected chi connectivity index (χ0v) is 18.3. The number of fused-ring (bicyclic) bond motifs is 1. The van der Waals surface area contributed by atoms with E-state index < -0.39 is 0 Å². The minimum Gasteiger partial charge on any atom is -0.460 e. The molecule has 0 atom stereocenters. The molecular weight excluding hydrogens is 392 g/mol. The number of hydrogen-bond acceptors (Lipinski definition) is 5. The highest BCUT2D eigenvalue weighted by Crippen LogP contribution is 2.29. The smallest absolute Gasteiger partial charge is 0.314 e. The third kappa shape index (κ3) is 4.82. The monoisotopic (exact) mass is 420 g/mol. The summed E-state index contributed by atoms with van der Waals surface area (Å²) in [5.41, 5.74) is 1.31. The van der Waals surface area contributed by atoms with Gasteiger partial charge in [0.25, 0.3) is 0 Å². The van der Waals surface area contributed by atoms with E-state index in [4.69, 9.17) is 13.9 Å².